The Hall–Kier alpha value is -2.32. The maximum absolute atomic E-state index is 14.9. The highest BCUT2D eigenvalue weighted by molar-refractivity contribution is 9.10. The van der Waals surface area contributed by atoms with Crippen molar-refractivity contribution in [2.75, 3.05) is 20.3 Å². The number of nitrogens with zero attached hydrogens (tertiary/aromatic N) is 2. The lowest BCUT2D eigenvalue weighted by atomic mass is 9.87. The van der Waals surface area contributed by atoms with E-state index in [4.69, 9.17) is 9.47 Å². The molecular weight excluding hydrogens is 458 g/mol. The van der Waals surface area contributed by atoms with E-state index in [9.17, 15) is 13.6 Å². The number of methoxy groups -OCH3 is 1. The maximum Gasteiger partial charge on any atom is 0.338 e. The lowest BCUT2D eigenvalue weighted by molar-refractivity contribution is 0.0600. The van der Waals surface area contributed by atoms with Crippen LogP contribution >= 0.6 is 15.9 Å². The quantitative estimate of drug-likeness (QED) is 0.492. The van der Waals surface area contributed by atoms with Gasteiger partial charge in [-0.05, 0) is 29.8 Å². The van der Waals surface area contributed by atoms with Gasteiger partial charge >= 0.3 is 5.97 Å². The van der Waals surface area contributed by atoms with E-state index in [1.54, 1.807) is 18.2 Å². The molecule has 1 aromatic heterocycles. The number of carbonyl (C=O) groups excluding carboxylic acids is 1. The predicted molar refractivity (Wildman–Crippen MR) is 112 cm³/mol. The zero-order valence-electron chi connectivity index (χ0n) is 16.8. The van der Waals surface area contributed by atoms with Gasteiger partial charge in [-0.25, -0.2) is 18.6 Å². The summed E-state index contributed by atoms with van der Waals surface area (Å²) >= 11 is 3.26. The molecule has 158 valence electrons. The van der Waals surface area contributed by atoms with Crippen molar-refractivity contribution < 1.29 is 23.0 Å². The molecule has 30 heavy (non-hydrogen) atoms. The standard InChI is InChI=1S/C22H21BrF2N2O3/c1-22(2)11-30-10-18(22)27-17-7-13(21(28)29-3)6-16(25)20(17)26-19(27)8-12-4-5-14(23)9-15(12)24/h4-7,9,18H,8,10-11H2,1-3H3. The summed E-state index contributed by atoms with van der Waals surface area (Å²) in [6, 6.07) is 7.36. The maximum atomic E-state index is 14.9. The fourth-order valence-electron chi connectivity index (χ4n) is 3.92. The van der Waals surface area contributed by atoms with Gasteiger partial charge in [0.25, 0.3) is 0 Å². The van der Waals surface area contributed by atoms with E-state index in [1.165, 1.54) is 13.2 Å². The second kappa shape index (κ2) is 7.74. The van der Waals surface area contributed by atoms with Crippen LogP contribution < -0.4 is 0 Å². The van der Waals surface area contributed by atoms with Crippen LogP contribution in [0.25, 0.3) is 11.0 Å². The van der Waals surface area contributed by atoms with Crippen molar-refractivity contribution in [2.24, 2.45) is 5.41 Å². The normalized spacial score (nSPS) is 18.1. The largest absolute Gasteiger partial charge is 0.465 e. The van der Waals surface area contributed by atoms with Gasteiger partial charge in [0.2, 0.25) is 0 Å². The van der Waals surface area contributed by atoms with Gasteiger partial charge in [-0.3, -0.25) is 0 Å². The van der Waals surface area contributed by atoms with Crippen molar-refractivity contribution in [3.05, 3.63) is 63.4 Å². The summed E-state index contributed by atoms with van der Waals surface area (Å²) in [7, 11) is 1.25. The number of esters is 1. The van der Waals surface area contributed by atoms with Crippen molar-refractivity contribution in [2.45, 2.75) is 26.3 Å². The second-order valence-corrected chi connectivity index (χ2v) is 9.06. The fraction of sp³-hybridized carbons (Fsp3) is 0.364. The molecule has 0 amide bonds. The van der Waals surface area contributed by atoms with Crippen LogP contribution in [-0.2, 0) is 15.9 Å². The molecule has 1 saturated heterocycles. The van der Waals surface area contributed by atoms with E-state index >= 15 is 0 Å². The molecule has 3 aromatic rings. The van der Waals surface area contributed by atoms with Gasteiger partial charge < -0.3 is 14.0 Å². The molecule has 1 atom stereocenters. The van der Waals surface area contributed by atoms with Crippen molar-refractivity contribution in [1.29, 1.82) is 0 Å². The molecule has 1 aliphatic rings. The van der Waals surface area contributed by atoms with Gasteiger partial charge in [0, 0.05) is 16.3 Å². The molecule has 0 bridgehead atoms. The highest BCUT2D eigenvalue weighted by atomic mass is 79.9. The zero-order chi connectivity index (χ0) is 21.6. The number of ether oxygens (including phenoxy) is 2. The molecule has 0 spiro atoms. The van der Waals surface area contributed by atoms with Gasteiger partial charge in [-0.15, -0.1) is 0 Å². The number of hydrogen-bond donors (Lipinski definition) is 0. The van der Waals surface area contributed by atoms with Crippen LogP contribution in [0, 0.1) is 17.0 Å². The molecule has 1 unspecified atom stereocenters. The third kappa shape index (κ3) is 3.63. The summed E-state index contributed by atoms with van der Waals surface area (Å²) in [6.07, 6.45) is 0.174. The Bertz CT molecular complexity index is 1140. The molecule has 0 saturated carbocycles. The average Bonchev–Trinajstić information content (AvgIpc) is 3.22. The smallest absolute Gasteiger partial charge is 0.338 e. The Labute approximate surface area is 181 Å². The topological polar surface area (TPSA) is 53.3 Å². The van der Waals surface area contributed by atoms with Crippen molar-refractivity contribution in [3.8, 4) is 0 Å². The number of hydrogen-bond acceptors (Lipinski definition) is 4. The summed E-state index contributed by atoms with van der Waals surface area (Å²) in [5.74, 6) is -1.12. The molecule has 0 aliphatic carbocycles. The van der Waals surface area contributed by atoms with Gasteiger partial charge in [0.05, 0.1) is 37.4 Å². The number of fused-ring (bicyclic) bond motifs is 1. The van der Waals surface area contributed by atoms with E-state index in [1.807, 2.05) is 4.57 Å². The third-order valence-corrected chi connectivity index (χ3v) is 6.06. The minimum absolute atomic E-state index is 0.0988. The first-order valence-electron chi connectivity index (χ1n) is 9.51. The van der Waals surface area contributed by atoms with E-state index < -0.39 is 11.8 Å². The molecule has 0 radical (unpaired) electrons. The van der Waals surface area contributed by atoms with Crippen LogP contribution in [-0.4, -0.2) is 35.8 Å². The number of rotatable bonds is 4. The van der Waals surface area contributed by atoms with Crippen molar-refractivity contribution >= 4 is 32.9 Å². The summed E-state index contributed by atoms with van der Waals surface area (Å²) in [4.78, 5) is 16.6. The fourth-order valence-corrected chi connectivity index (χ4v) is 4.26. The Balaban J connectivity index is 1.93. The number of benzene rings is 2. The van der Waals surface area contributed by atoms with Crippen LogP contribution in [0.2, 0.25) is 0 Å². The van der Waals surface area contributed by atoms with Gasteiger partial charge in [0.1, 0.15) is 17.2 Å². The summed E-state index contributed by atoms with van der Waals surface area (Å²) in [6.45, 7) is 5.06. The van der Waals surface area contributed by atoms with Gasteiger partial charge in [0.15, 0.2) is 5.82 Å². The predicted octanol–water partition coefficient (Wildman–Crippen LogP) is 5.05. The zero-order valence-corrected chi connectivity index (χ0v) is 18.4. The van der Waals surface area contributed by atoms with E-state index in [0.29, 0.717) is 34.6 Å². The van der Waals surface area contributed by atoms with Crippen LogP contribution in [0.5, 0.6) is 0 Å². The molecule has 0 N–H and O–H groups in total. The molecule has 4 rings (SSSR count). The summed E-state index contributed by atoms with van der Waals surface area (Å²) in [5.41, 5.74) is 0.893. The van der Waals surface area contributed by atoms with E-state index in [0.717, 1.165) is 6.07 Å². The van der Waals surface area contributed by atoms with Crippen LogP contribution in [0.1, 0.15) is 41.6 Å². The third-order valence-electron chi connectivity index (χ3n) is 5.57. The Morgan fingerprint density at radius 2 is 2.07 bits per heavy atom. The Morgan fingerprint density at radius 1 is 1.30 bits per heavy atom. The average molecular weight is 479 g/mol. The summed E-state index contributed by atoms with van der Waals surface area (Å²) in [5, 5.41) is 0. The van der Waals surface area contributed by atoms with E-state index in [-0.39, 0.29) is 34.8 Å². The number of aromatic nitrogens is 2. The highest BCUT2D eigenvalue weighted by Crippen LogP contribution is 2.41. The SMILES string of the molecule is COC(=O)c1cc(F)c2nc(Cc3ccc(Br)cc3F)n(C3COCC3(C)C)c2c1. The monoisotopic (exact) mass is 478 g/mol. The van der Waals surface area contributed by atoms with Crippen LogP contribution in [0.3, 0.4) is 0 Å². The molecule has 1 fully saturated rings. The van der Waals surface area contributed by atoms with Crippen LogP contribution in [0.15, 0.2) is 34.8 Å². The van der Waals surface area contributed by atoms with Gasteiger partial charge in [-0.1, -0.05) is 35.8 Å². The lowest BCUT2D eigenvalue weighted by Gasteiger charge is -2.28. The molecule has 2 heterocycles. The Kier molecular flexibility index (Phi) is 5.40. The van der Waals surface area contributed by atoms with E-state index in [2.05, 4.69) is 34.8 Å². The van der Waals surface area contributed by atoms with Crippen LogP contribution in [0.4, 0.5) is 8.78 Å². The minimum atomic E-state index is -0.633. The number of imidazole rings is 1. The molecular formula is C22H21BrF2N2O3. The second-order valence-electron chi connectivity index (χ2n) is 8.15. The first-order chi connectivity index (χ1) is 14.2. The minimum Gasteiger partial charge on any atom is -0.465 e. The molecule has 8 heteroatoms. The number of carbonyl (C=O) groups is 1. The first kappa shape index (κ1) is 20.9. The lowest BCUT2D eigenvalue weighted by Crippen LogP contribution is -2.27. The molecule has 2 aromatic carbocycles. The Morgan fingerprint density at radius 3 is 2.70 bits per heavy atom. The number of halogens is 3. The van der Waals surface area contributed by atoms with Gasteiger partial charge in [-0.2, -0.15) is 0 Å². The van der Waals surface area contributed by atoms with Crippen molar-refractivity contribution in [3.63, 3.8) is 0 Å². The molecule has 1 aliphatic heterocycles. The van der Waals surface area contributed by atoms with Crippen molar-refractivity contribution in [1.82, 2.24) is 9.55 Å². The summed E-state index contributed by atoms with van der Waals surface area (Å²) < 4.78 is 42.4. The highest BCUT2D eigenvalue weighted by Gasteiger charge is 2.39. The molecule has 5 nitrogen and oxygen atoms in total. The first-order valence-corrected chi connectivity index (χ1v) is 10.3.